The molecule has 0 aliphatic carbocycles. The molecule has 0 saturated heterocycles. The molecule has 0 fully saturated rings. The molecule has 0 spiro atoms. The molecule has 5 nitrogen and oxygen atoms in total. The zero-order valence-corrected chi connectivity index (χ0v) is 11.3. The minimum Gasteiger partial charge on any atom is -0.448 e. The summed E-state index contributed by atoms with van der Waals surface area (Å²) in [5.74, 6) is 1.10. The third-order valence-corrected chi connectivity index (χ3v) is 4.50. The molecule has 1 aliphatic rings. The highest BCUT2D eigenvalue weighted by Gasteiger charge is 2.29. The lowest BCUT2D eigenvalue weighted by Gasteiger charge is -2.33. The van der Waals surface area contributed by atoms with E-state index in [0.717, 1.165) is 30.3 Å². The molecule has 0 saturated carbocycles. The molecule has 0 atom stereocenters. The molecule has 0 bridgehead atoms. The van der Waals surface area contributed by atoms with Crippen molar-refractivity contribution in [2.75, 3.05) is 25.4 Å². The van der Waals surface area contributed by atoms with E-state index in [9.17, 15) is 4.79 Å². The number of rotatable bonds is 5. The summed E-state index contributed by atoms with van der Waals surface area (Å²) >= 11 is 1.75. The Kier molecular flexibility index (Phi) is 5.61. The van der Waals surface area contributed by atoms with E-state index in [-0.39, 0.29) is 6.61 Å². The van der Waals surface area contributed by atoms with Gasteiger partial charge in [0.1, 0.15) is 6.61 Å². The van der Waals surface area contributed by atoms with E-state index in [1.165, 1.54) is 0 Å². The molecule has 98 valence electrons. The number of primary amides is 1. The highest BCUT2D eigenvalue weighted by molar-refractivity contribution is 8.13. The van der Waals surface area contributed by atoms with Crippen LogP contribution in [0.4, 0.5) is 4.79 Å². The average Bonchev–Trinajstić information content (AvgIpc) is 2.35. The van der Waals surface area contributed by atoms with Crippen LogP contribution in [0, 0.1) is 5.41 Å². The lowest BCUT2D eigenvalue weighted by molar-refractivity contribution is 0.159. The number of ether oxygens (including phenoxy) is 1. The van der Waals surface area contributed by atoms with E-state index in [0.29, 0.717) is 12.0 Å². The smallest absolute Gasteiger partial charge is 0.404 e. The second-order valence-corrected chi connectivity index (χ2v) is 5.18. The Balaban J connectivity index is 2.29. The lowest BCUT2D eigenvalue weighted by atomic mass is 9.84. The van der Waals surface area contributed by atoms with Gasteiger partial charge in [-0.15, -0.1) is 0 Å². The van der Waals surface area contributed by atoms with E-state index in [4.69, 9.17) is 5.73 Å². The molecule has 1 amide bonds. The molecule has 6 heteroatoms. The SMILES string of the molecule is CCC1(CC)CN=C(NCCOC(N)=O)SC1. The Hall–Kier alpha value is -0.910. The van der Waals surface area contributed by atoms with Crippen LogP contribution in [-0.4, -0.2) is 36.7 Å². The second-order valence-electron chi connectivity index (χ2n) is 4.21. The highest BCUT2D eigenvalue weighted by atomic mass is 32.2. The standard InChI is InChI=1S/C11H21N3O2S/c1-3-11(4-2)7-14-10(17-8-11)13-5-6-16-9(12)15/h3-8H2,1-2H3,(H2,12,15)(H,13,14). The molecule has 1 rings (SSSR count). The summed E-state index contributed by atoms with van der Waals surface area (Å²) in [5, 5.41) is 4.08. The Bertz CT molecular complexity index is 290. The lowest BCUT2D eigenvalue weighted by Crippen LogP contribution is -2.36. The van der Waals surface area contributed by atoms with Crippen LogP contribution in [0.1, 0.15) is 26.7 Å². The summed E-state index contributed by atoms with van der Waals surface area (Å²) in [4.78, 5) is 14.9. The summed E-state index contributed by atoms with van der Waals surface area (Å²) < 4.78 is 4.63. The Labute approximate surface area is 107 Å². The van der Waals surface area contributed by atoms with Crippen molar-refractivity contribution in [1.29, 1.82) is 0 Å². The van der Waals surface area contributed by atoms with Gasteiger partial charge in [-0.05, 0) is 18.3 Å². The zero-order valence-electron chi connectivity index (χ0n) is 10.5. The first-order valence-corrected chi connectivity index (χ1v) is 6.94. The number of aliphatic imine (C=N–C) groups is 1. The van der Waals surface area contributed by atoms with Crippen LogP contribution in [0.3, 0.4) is 0 Å². The topological polar surface area (TPSA) is 76.7 Å². The average molecular weight is 259 g/mol. The van der Waals surface area contributed by atoms with Crippen molar-refractivity contribution >= 4 is 23.0 Å². The second kappa shape index (κ2) is 6.74. The molecule has 1 heterocycles. The number of nitrogens with zero attached hydrogens (tertiary/aromatic N) is 1. The number of carbonyl (C=O) groups is 1. The van der Waals surface area contributed by atoms with Gasteiger partial charge in [0, 0.05) is 12.3 Å². The maximum atomic E-state index is 10.4. The van der Waals surface area contributed by atoms with E-state index >= 15 is 0 Å². The monoisotopic (exact) mass is 259 g/mol. The van der Waals surface area contributed by atoms with Gasteiger partial charge in [0.05, 0.1) is 6.54 Å². The Morgan fingerprint density at radius 3 is 2.76 bits per heavy atom. The van der Waals surface area contributed by atoms with Crippen LogP contribution >= 0.6 is 11.8 Å². The van der Waals surface area contributed by atoms with Crippen molar-refractivity contribution in [2.24, 2.45) is 16.1 Å². The van der Waals surface area contributed by atoms with Gasteiger partial charge < -0.3 is 15.8 Å². The minimum absolute atomic E-state index is 0.279. The number of thioether (sulfide) groups is 1. The van der Waals surface area contributed by atoms with Gasteiger partial charge >= 0.3 is 6.09 Å². The number of hydrogen-bond acceptors (Lipinski definition) is 5. The predicted octanol–water partition coefficient (Wildman–Crippen LogP) is 1.58. The van der Waals surface area contributed by atoms with E-state index in [2.05, 4.69) is 28.9 Å². The zero-order chi connectivity index (χ0) is 12.7. The number of nitrogens with two attached hydrogens (primary N) is 1. The van der Waals surface area contributed by atoms with E-state index in [1.54, 1.807) is 11.8 Å². The third-order valence-electron chi connectivity index (χ3n) is 3.20. The van der Waals surface area contributed by atoms with Crippen LogP contribution in [0.5, 0.6) is 0 Å². The molecule has 17 heavy (non-hydrogen) atoms. The molecule has 0 radical (unpaired) electrons. The number of amidine groups is 1. The van der Waals surface area contributed by atoms with Crippen molar-refractivity contribution < 1.29 is 9.53 Å². The van der Waals surface area contributed by atoms with Crippen LogP contribution in [-0.2, 0) is 4.74 Å². The van der Waals surface area contributed by atoms with Crippen LogP contribution in [0.15, 0.2) is 4.99 Å². The van der Waals surface area contributed by atoms with Crippen molar-refractivity contribution in [1.82, 2.24) is 5.32 Å². The fraction of sp³-hybridized carbons (Fsp3) is 0.818. The molecular weight excluding hydrogens is 238 g/mol. The largest absolute Gasteiger partial charge is 0.448 e. The van der Waals surface area contributed by atoms with Crippen molar-refractivity contribution in [3.05, 3.63) is 0 Å². The summed E-state index contributed by atoms with van der Waals surface area (Å²) in [6.07, 6.45) is 1.59. The number of amides is 1. The van der Waals surface area contributed by atoms with E-state index < -0.39 is 6.09 Å². The first-order valence-electron chi connectivity index (χ1n) is 5.95. The first-order chi connectivity index (χ1) is 8.12. The molecule has 0 aromatic carbocycles. The van der Waals surface area contributed by atoms with Crippen LogP contribution in [0.25, 0.3) is 0 Å². The molecule has 1 aliphatic heterocycles. The summed E-state index contributed by atoms with van der Waals surface area (Å²) in [5.41, 5.74) is 5.22. The summed E-state index contributed by atoms with van der Waals surface area (Å²) in [6.45, 7) is 6.16. The number of hydrogen-bond donors (Lipinski definition) is 2. The molecule has 0 aromatic rings. The molecule has 0 unspecified atom stereocenters. The Morgan fingerprint density at radius 1 is 1.59 bits per heavy atom. The van der Waals surface area contributed by atoms with Gasteiger partial charge in [-0.2, -0.15) is 0 Å². The molecule has 3 N–H and O–H groups in total. The first kappa shape index (κ1) is 14.2. The van der Waals surface area contributed by atoms with Crippen molar-refractivity contribution in [3.63, 3.8) is 0 Å². The predicted molar refractivity (Wildman–Crippen MR) is 71.3 cm³/mol. The Morgan fingerprint density at radius 2 is 2.29 bits per heavy atom. The highest BCUT2D eigenvalue weighted by Crippen LogP contribution is 2.34. The number of nitrogens with one attached hydrogen (secondary N) is 1. The summed E-state index contributed by atoms with van der Waals surface area (Å²) in [7, 11) is 0. The van der Waals surface area contributed by atoms with Gasteiger partial charge in [-0.3, -0.25) is 4.99 Å². The molecule has 0 aromatic heterocycles. The fourth-order valence-electron chi connectivity index (χ4n) is 1.65. The summed E-state index contributed by atoms with van der Waals surface area (Å²) in [6, 6.07) is 0. The fourth-order valence-corrected chi connectivity index (χ4v) is 2.95. The van der Waals surface area contributed by atoms with Gasteiger partial charge in [0.25, 0.3) is 0 Å². The van der Waals surface area contributed by atoms with Crippen LogP contribution in [0.2, 0.25) is 0 Å². The van der Waals surface area contributed by atoms with Gasteiger partial charge in [0.2, 0.25) is 0 Å². The minimum atomic E-state index is -0.735. The molecular formula is C11H21N3O2S. The maximum absolute atomic E-state index is 10.4. The maximum Gasteiger partial charge on any atom is 0.404 e. The van der Waals surface area contributed by atoms with Gasteiger partial charge in [-0.1, -0.05) is 25.6 Å². The van der Waals surface area contributed by atoms with Crippen molar-refractivity contribution in [3.8, 4) is 0 Å². The van der Waals surface area contributed by atoms with Crippen molar-refractivity contribution in [2.45, 2.75) is 26.7 Å². The van der Waals surface area contributed by atoms with E-state index in [1.807, 2.05) is 0 Å². The third kappa shape index (κ3) is 4.46. The quantitative estimate of drug-likeness (QED) is 0.735. The van der Waals surface area contributed by atoms with Crippen LogP contribution < -0.4 is 11.1 Å². The number of carbonyl (C=O) groups excluding carboxylic acids is 1. The van der Waals surface area contributed by atoms with Gasteiger partial charge in [0.15, 0.2) is 5.17 Å². The normalized spacial score (nSPS) is 18.4. The van der Waals surface area contributed by atoms with Gasteiger partial charge in [-0.25, -0.2) is 4.79 Å².